The van der Waals surface area contributed by atoms with Crippen LogP contribution in [0.4, 0.5) is 0 Å². The molecule has 0 radical (unpaired) electrons. The van der Waals surface area contributed by atoms with E-state index in [1.165, 1.54) is 0 Å². The van der Waals surface area contributed by atoms with Gasteiger partial charge in [-0.25, -0.2) is 0 Å². The maximum atomic E-state index is 7.75. The van der Waals surface area contributed by atoms with Gasteiger partial charge >= 0.3 is 0 Å². The maximum Gasteiger partial charge on any atom is 0.0553 e. The molecule has 0 bridgehead atoms. The molecule has 0 aromatic carbocycles. The summed E-state index contributed by atoms with van der Waals surface area (Å²) in [6.45, 7) is 0.472. The van der Waals surface area contributed by atoms with Crippen molar-refractivity contribution in [3.05, 3.63) is 0 Å². The standard InChI is InChI=1S/C2H7NO.Cl2HN/c3-1-2-4;1-3-2/h4H,1-3H2;3H. The molecule has 0 amide bonds. The zero-order valence-corrected chi connectivity index (χ0v) is 5.21. The molecule has 0 unspecified atom stereocenters. The van der Waals surface area contributed by atoms with Crippen molar-refractivity contribution < 1.29 is 5.11 Å². The monoisotopic (exact) mass is 146 g/mol. The highest BCUT2D eigenvalue weighted by atomic mass is 35.5. The van der Waals surface area contributed by atoms with E-state index < -0.39 is 0 Å². The van der Waals surface area contributed by atoms with E-state index in [-0.39, 0.29) is 6.61 Å². The number of rotatable bonds is 1. The van der Waals surface area contributed by atoms with E-state index in [0.29, 0.717) is 6.54 Å². The Balaban J connectivity index is 0. The van der Waals surface area contributed by atoms with Gasteiger partial charge in [-0.05, 0) is 23.6 Å². The fourth-order valence-corrected chi connectivity index (χ4v) is 0. The fourth-order valence-electron chi connectivity index (χ4n) is 0. The summed E-state index contributed by atoms with van der Waals surface area (Å²) in [6, 6.07) is 0. The third-order valence-corrected chi connectivity index (χ3v) is 0.129. The summed E-state index contributed by atoms with van der Waals surface area (Å²) >= 11 is 9.03. The number of halogens is 2. The van der Waals surface area contributed by atoms with Crippen molar-refractivity contribution in [2.24, 2.45) is 5.73 Å². The number of hydrogen-bond acceptors (Lipinski definition) is 3. The van der Waals surface area contributed by atoms with Gasteiger partial charge in [0.1, 0.15) is 0 Å². The predicted octanol–water partition coefficient (Wildman–Crippen LogP) is -0.179. The van der Waals surface area contributed by atoms with Crippen LogP contribution in [0.25, 0.3) is 0 Å². The van der Waals surface area contributed by atoms with Gasteiger partial charge in [-0.1, -0.05) is 0 Å². The number of aliphatic hydroxyl groups is 1. The molecule has 7 heavy (non-hydrogen) atoms. The summed E-state index contributed by atoms with van der Waals surface area (Å²) < 4.78 is 1.69. The third-order valence-electron chi connectivity index (χ3n) is 0.129. The molecular weight excluding hydrogens is 139 g/mol. The first-order valence-corrected chi connectivity index (χ1v) is 2.36. The summed E-state index contributed by atoms with van der Waals surface area (Å²) in [7, 11) is 0. The van der Waals surface area contributed by atoms with Crippen LogP contribution >= 0.6 is 23.6 Å². The second-order valence-corrected chi connectivity index (χ2v) is 1.16. The molecule has 46 valence electrons. The summed E-state index contributed by atoms with van der Waals surface area (Å²) in [4.78, 5) is 0. The van der Waals surface area contributed by atoms with Gasteiger partial charge in [0.25, 0.3) is 0 Å². The smallest absolute Gasteiger partial charge is 0.0553 e. The molecule has 0 rings (SSSR count). The second-order valence-electron chi connectivity index (χ2n) is 0.584. The highest BCUT2D eigenvalue weighted by Crippen LogP contribution is 1.57. The van der Waals surface area contributed by atoms with E-state index in [1.807, 2.05) is 0 Å². The van der Waals surface area contributed by atoms with Gasteiger partial charge in [-0.15, -0.1) is 4.35 Å². The van der Waals surface area contributed by atoms with E-state index in [4.69, 9.17) is 10.8 Å². The van der Waals surface area contributed by atoms with Crippen LogP contribution in [0.1, 0.15) is 0 Å². The SMILES string of the molecule is ClNCl.NCCO. The van der Waals surface area contributed by atoms with Gasteiger partial charge in [0.15, 0.2) is 0 Å². The first-order chi connectivity index (χ1) is 3.33. The average molecular weight is 147 g/mol. The molecule has 0 aliphatic carbocycles. The zero-order valence-electron chi connectivity index (χ0n) is 3.69. The molecule has 0 saturated heterocycles. The van der Waals surface area contributed by atoms with E-state index in [1.54, 1.807) is 4.35 Å². The second kappa shape index (κ2) is 16.1. The summed E-state index contributed by atoms with van der Waals surface area (Å²) in [5, 5.41) is 7.75. The Morgan fingerprint density at radius 1 is 1.57 bits per heavy atom. The van der Waals surface area contributed by atoms with Crippen molar-refractivity contribution in [2.75, 3.05) is 13.2 Å². The fraction of sp³-hybridized carbons (Fsp3) is 1.00. The summed E-state index contributed by atoms with van der Waals surface area (Å²) in [6.07, 6.45) is 0. The van der Waals surface area contributed by atoms with Crippen LogP contribution in [0, 0.1) is 0 Å². The van der Waals surface area contributed by atoms with Crippen LogP contribution in [0.5, 0.6) is 0 Å². The number of aliphatic hydroxyl groups excluding tert-OH is 1. The molecule has 0 spiro atoms. The molecule has 0 aliphatic heterocycles. The minimum atomic E-state index is 0.0972. The van der Waals surface area contributed by atoms with Crippen LogP contribution in [-0.2, 0) is 0 Å². The number of hydrogen-bond donors (Lipinski definition) is 3. The van der Waals surface area contributed by atoms with Crippen LogP contribution in [0.3, 0.4) is 0 Å². The van der Waals surface area contributed by atoms with E-state index in [9.17, 15) is 0 Å². The minimum Gasteiger partial charge on any atom is -0.395 e. The Labute approximate surface area is 52.6 Å². The maximum absolute atomic E-state index is 7.75. The largest absolute Gasteiger partial charge is 0.395 e. The number of nitrogens with two attached hydrogens (primary N) is 1. The molecule has 5 heteroatoms. The minimum absolute atomic E-state index is 0.0972. The van der Waals surface area contributed by atoms with Crippen molar-refractivity contribution in [1.29, 1.82) is 0 Å². The highest BCUT2D eigenvalue weighted by molar-refractivity contribution is 6.33. The van der Waals surface area contributed by atoms with Gasteiger partial charge in [0.05, 0.1) is 6.61 Å². The van der Waals surface area contributed by atoms with E-state index in [0.717, 1.165) is 0 Å². The van der Waals surface area contributed by atoms with Gasteiger partial charge in [-0.3, -0.25) is 0 Å². The Hall–Kier alpha value is 0.460. The van der Waals surface area contributed by atoms with Crippen molar-refractivity contribution in [3.63, 3.8) is 0 Å². The van der Waals surface area contributed by atoms with E-state index in [2.05, 4.69) is 23.6 Å². The van der Waals surface area contributed by atoms with Gasteiger partial charge in [-0.2, -0.15) is 0 Å². The number of nitrogens with one attached hydrogen (secondary N) is 1. The topological polar surface area (TPSA) is 58.3 Å². The first kappa shape index (κ1) is 10.4. The molecule has 0 saturated carbocycles. The summed E-state index contributed by atoms with van der Waals surface area (Å²) in [5.74, 6) is 0. The van der Waals surface area contributed by atoms with Gasteiger partial charge in [0.2, 0.25) is 0 Å². The molecule has 4 N–H and O–H groups in total. The third kappa shape index (κ3) is 60.3. The lowest BCUT2D eigenvalue weighted by Crippen LogP contribution is -2.02. The first-order valence-electron chi connectivity index (χ1n) is 1.60. The lowest BCUT2D eigenvalue weighted by molar-refractivity contribution is 0.306. The van der Waals surface area contributed by atoms with Crippen LogP contribution < -0.4 is 10.1 Å². The molecule has 0 aromatic rings. The van der Waals surface area contributed by atoms with Crippen LogP contribution in [0.15, 0.2) is 0 Å². The Bertz CT molecular complexity index is 21.2. The van der Waals surface area contributed by atoms with Crippen LogP contribution in [-0.4, -0.2) is 18.3 Å². The Morgan fingerprint density at radius 3 is 1.71 bits per heavy atom. The van der Waals surface area contributed by atoms with E-state index >= 15 is 0 Å². The lowest BCUT2D eigenvalue weighted by atomic mass is 10.8. The highest BCUT2D eigenvalue weighted by Gasteiger charge is 1.56. The molecule has 0 aromatic heterocycles. The zero-order chi connectivity index (χ0) is 6.12. The van der Waals surface area contributed by atoms with Gasteiger partial charge < -0.3 is 10.8 Å². The van der Waals surface area contributed by atoms with Crippen molar-refractivity contribution in [1.82, 2.24) is 4.35 Å². The lowest BCUT2D eigenvalue weighted by Gasteiger charge is -1.71. The summed E-state index contributed by atoms with van der Waals surface area (Å²) in [5.41, 5.74) is 4.78. The molecule has 0 heterocycles. The molecule has 0 aliphatic rings. The molecule has 0 fully saturated rings. The Kier molecular flexibility index (Phi) is 24.0. The molecule has 3 nitrogen and oxygen atoms in total. The van der Waals surface area contributed by atoms with Crippen molar-refractivity contribution in [3.8, 4) is 0 Å². The van der Waals surface area contributed by atoms with Crippen molar-refractivity contribution >= 4 is 23.6 Å². The predicted molar refractivity (Wildman–Crippen MR) is 31.0 cm³/mol. The average Bonchev–Trinajstić information content (AvgIpc) is 1.69. The van der Waals surface area contributed by atoms with Crippen molar-refractivity contribution in [2.45, 2.75) is 0 Å². The van der Waals surface area contributed by atoms with Gasteiger partial charge in [0, 0.05) is 6.54 Å². The normalized spacial score (nSPS) is 6.86. The molecule has 0 atom stereocenters. The Morgan fingerprint density at radius 2 is 1.71 bits per heavy atom. The molecular formula is C2H8Cl2N2O. The van der Waals surface area contributed by atoms with Crippen LogP contribution in [0.2, 0.25) is 0 Å². The quantitative estimate of drug-likeness (QED) is 0.451.